The molecule has 4 nitrogen and oxygen atoms in total. The number of hydrogen-bond acceptors (Lipinski definition) is 4. The Bertz CT molecular complexity index is 220. The molecule has 1 saturated heterocycles. The van der Waals surface area contributed by atoms with Gasteiger partial charge in [-0.1, -0.05) is 6.08 Å². The Morgan fingerprint density at radius 3 is 2.73 bits per heavy atom. The maximum Gasteiger partial charge on any atom is 0.221 e. The molecule has 0 amide bonds. The molecule has 0 spiro atoms. The van der Waals surface area contributed by atoms with Crippen LogP contribution in [0.2, 0.25) is 0 Å². The normalized spacial score (nSPS) is 37.9. The second-order valence-electron chi connectivity index (χ2n) is 2.20. The van der Waals surface area contributed by atoms with E-state index in [-0.39, 0.29) is 5.76 Å². The third-order valence-electron chi connectivity index (χ3n) is 1.50. The van der Waals surface area contributed by atoms with Gasteiger partial charge in [-0.3, -0.25) is 0 Å². The van der Waals surface area contributed by atoms with Gasteiger partial charge >= 0.3 is 0 Å². The fourth-order valence-electron chi connectivity index (χ4n) is 0.926. The molecule has 1 fully saturated rings. The van der Waals surface area contributed by atoms with Gasteiger partial charge in [0.2, 0.25) is 5.79 Å². The van der Waals surface area contributed by atoms with Crippen molar-refractivity contribution >= 4 is 6.79 Å². The van der Waals surface area contributed by atoms with Crippen LogP contribution in [-0.4, -0.2) is 28.9 Å². The number of aliphatic hydroxyl groups excluding tert-OH is 1. The Balaban J connectivity index is 0.000000281. The van der Waals surface area contributed by atoms with Crippen molar-refractivity contribution < 1.29 is 19.7 Å². The average molecular weight is 156 g/mol. The van der Waals surface area contributed by atoms with Crippen molar-refractivity contribution in [1.82, 2.24) is 0 Å². The van der Waals surface area contributed by atoms with Crippen LogP contribution in [0.25, 0.3) is 0 Å². The molecule has 11 heavy (non-hydrogen) atoms. The highest BCUT2D eigenvalue weighted by atomic mass is 16.7. The quantitative estimate of drug-likeness (QED) is 0.480. The Morgan fingerprint density at radius 1 is 1.64 bits per heavy atom. The van der Waals surface area contributed by atoms with Crippen molar-refractivity contribution in [2.24, 2.45) is 0 Å². The van der Waals surface area contributed by atoms with Gasteiger partial charge in [-0.05, 0) is 12.2 Å². The van der Waals surface area contributed by atoms with Crippen molar-refractivity contribution in [3.05, 3.63) is 24.0 Å². The van der Waals surface area contributed by atoms with Crippen molar-refractivity contribution in [1.29, 1.82) is 0 Å². The van der Waals surface area contributed by atoms with E-state index in [9.17, 15) is 0 Å². The van der Waals surface area contributed by atoms with E-state index < -0.39 is 11.9 Å². The fourth-order valence-corrected chi connectivity index (χ4v) is 0.926. The minimum absolute atomic E-state index is 0.0972. The summed E-state index contributed by atoms with van der Waals surface area (Å²) in [4.78, 5) is 8.00. The molecule has 0 aromatic carbocycles. The molecule has 1 aliphatic heterocycles. The van der Waals surface area contributed by atoms with E-state index in [4.69, 9.17) is 19.7 Å². The van der Waals surface area contributed by atoms with Crippen LogP contribution >= 0.6 is 0 Å². The highest BCUT2D eigenvalue weighted by molar-refractivity contribution is 5.30. The highest BCUT2D eigenvalue weighted by Crippen LogP contribution is 2.41. The zero-order valence-corrected chi connectivity index (χ0v) is 5.73. The summed E-state index contributed by atoms with van der Waals surface area (Å²) < 4.78 is 4.73. The predicted octanol–water partition coefficient (Wildman–Crippen LogP) is -0.0994. The van der Waals surface area contributed by atoms with E-state index in [1.54, 1.807) is 6.08 Å². The molecular formula is C7H8O4. The molecule has 2 atom stereocenters. The molecule has 2 N–H and O–H groups in total. The number of hydrogen-bond donors (Lipinski definition) is 2. The number of epoxide rings is 1. The van der Waals surface area contributed by atoms with Gasteiger partial charge in [-0.25, -0.2) is 0 Å². The number of carbonyl (C=O) groups is 1. The molecule has 0 aromatic rings. The Hall–Kier alpha value is -1.13. The summed E-state index contributed by atoms with van der Waals surface area (Å²) in [5.74, 6) is -1.08. The first-order chi connectivity index (χ1) is 5.22. The molecule has 2 unspecified atom stereocenters. The molecule has 2 rings (SSSR count). The maximum absolute atomic E-state index is 9.11. The van der Waals surface area contributed by atoms with E-state index in [1.165, 1.54) is 12.2 Å². The molecule has 4 heteroatoms. The molecular weight excluding hydrogens is 148 g/mol. The van der Waals surface area contributed by atoms with E-state index in [0.717, 1.165) is 0 Å². The van der Waals surface area contributed by atoms with E-state index in [2.05, 4.69) is 0 Å². The summed E-state index contributed by atoms with van der Waals surface area (Å²) in [6.45, 7) is 2.00. The number of ether oxygens (including phenoxy) is 1. The van der Waals surface area contributed by atoms with Gasteiger partial charge in [0, 0.05) is 0 Å². The van der Waals surface area contributed by atoms with Crippen LogP contribution in [-0.2, 0) is 9.53 Å². The monoisotopic (exact) mass is 156 g/mol. The molecule has 60 valence electrons. The lowest BCUT2D eigenvalue weighted by Crippen LogP contribution is -2.13. The summed E-state index contributed by atoms with van der Waals surface area (Å²) in [6, 6.07) is 0. The van der Waals surface area contributed by atoms with Crippen LogP contribution < -0.4 is 0 Å². The summed E-state index contributed by atoms with van der Waals surface area (Å²) >= 11 is 0. The zero-order valence-electron chi connectivity index (χ0n) is 5.73. The summed E-state index contributed by atoms with van der Waals surface area (Å²) in [6.07, 6.45) is 4.09. The molecule has 0 bridgehead atoms. The van der Waals surface area contributed by atoms with Crippen LogP contribution in [0.1, 0.15) is 0 Å². The van der Waals surface area contributed by atoms with Gasteiger partial charge in [0.05, 0.1) is 0 Å². The van der Waals surface area contributed by atoms with Crippen molar-refractivity contribution in [3.8, 4) is 0 Å². The smallest absolute Gasteiger partial charge is 0.221 e. The number of aliphatic hydroxyl groups is 2. The second-order valence-corrected chi connectivity index (χ2v) is 2.20. The van der Waals surface area contributed by atoms with E-state index >= 15 is 0 Å². The van der Waals surface area contributed by atoms with Crippen LogP contribution in [0, 0.1) is 0 Å². The molecule has 2 aliphatic rings. The third kappa shape index (κ3) is 1.18. The minimum Gasteiger partial charge on any atom is -0.509 e. The predicted molar refractivity (Wildman–Crippen MR) is 36.8 cm³/mol. The third-order valence-corrected chi connectivity index (χ3v) is 1.50. The minimum atomic E-state index is -1.18. The first kappa shape index (κ1) is 7.97. The Morgan fingerprint density at radius 2 is 2.27 bits per heavy atom. The van der Waals surface area contributed by atoms with Crippen LogP contribution in [0.15, 0.2) is 24.0 Å². The average Bonchev–Trinajstić information content (AvgIpc) is 2.68. The standard InChI is InChI=1S/C6H6O3.CH2O/c7-4-2-1-3-6(8)5(4)9-6;1-2/h1-3,5,7-8H;1H2. The molecule has 0 radical (unpaired) electrons. The van der Waals surface area contributed by atoms with Crippen LogP contribution in [0.3, 0.4) is 0 Å². The first-order valence-corrected chi connectivity index (χ1v) is 3.00. The van der Waals surface area contributed by atoms with Gasteiger partial charge in [-0.2, -0.15) is 0 Å². The van der Waals surface area contributed by atoms with Gasteiger partial charge in [0.15, 0.2) is 6.10 Å². The summed E-state index contributed by atoms with van der Waals surface area (Å²) in [7, 11) is 0. The fraction of sp³-hybridized carbons (Fsp3) is 0.286. The van der Waals surface area contributed by atoms with Gasteiger partial charge in [0.25, 0.3) is 0 Å². The van der Waals surface area contributed by atoms with Gasteiger partial charge < -0.3 is 19.7 Å². The molecule has 1 aliphatic carbocycles. The number of allylic oxidation sites excluding steroid dienone is 2. The lowest BCUT2D eigenvalue weighted by atomic mass is 10.1. The second kappa shape index (κ2) is 2.48. The van der Waals surface area contributed by atoms with Crippen molar-refractivity contribution in [2.45, 2.75) is 11.9 Å². The Kier molecular flexibility index (Phi) is 1.80. The van der Waals surface area contributed by atoms with Crippen LogP contribution in [0.5, 0.6) is 0 Å². The summed E-state index contributed by atoms with van der Waals surface area (Å²) in [5.41, 5.74) is 0. The van der Waals surface area contributed by atoms with Crippen molar-refractivity contribution in [2.75, 3.05) is 0 Å². The highest BCUT2D eigenvalue weighted by Gasteiger charge is 2.57. The molecule has 0 saturated carbocycles. The van der Waals surface area contributed by atoms with Crippen molar-refractivity contribution in [3.63, 3.8) is 0 Å². The first-order valence-electron chi connectivity index (χ1n) is 3.00. The van der Waals surface area contributed by atoms with Gasteiger partial charge in [0.1, 0.15) is 12.5 Å². The van der Waals surface area contributed by atoms with E-state index in [1.807, 2.05) is 6.79 Å². The number of fused-ring (bicyclic) bond motifs is 1. The largest absolute Gasteiger partial charge is 0.509 e. The SMILES string of the molecule is C=O.OC1=CC=CC2(O)OC12. The Labute approximate surface area is 63.4 Å². The maximum atomic E-state index is 9.11. The molecule has 0 aromatic heterocycles. The topological polar surface area (TPSA) is 70.1 Å². The lowest BCUT2D eigenvalue weighted by molar-refractivity contribution is -0.0979. The van der Waals surface area contributed by atoms with E-state index in [0.29, 0.717) is 0 Å². The van der Waals surface area contributed by atoms with Gasteiger partial charge in [-0.15, -0.1) is 0 Å². The number of carbonyl (C=O) groups excluding carboxylic acids is 1. The lowest BCUT2D eigenvalue weighted by Gasteiger charge is -2.00. The summed E-state index contributed by atoms with van der Waals surface area (Å²) in [5, 5.41) is 18.0. The number of rotatable bonds is 0. The van der Waals surface area contributed by atoms with Crippen LogP contribution in [0.4, 0.5) is 0 Å². The molecule has 1 heterocycles. The zero-order chi connectivity index (χ0) is 8.48.